The van der Waals surface area contributed by atoms with E-state index in [1.165, 1.54) is 0 Å². The van der Waals surface area contributed by atoms with Crippen molar-refractivity contribution in [3.8, 4) is 0 Å². The molecule has 0 rings (SSSR count). The molecule has 17 heavy (non-hydrogen) atoms. The first kappa shape index (κ1) is 20.4. The fraction of sp³-hybridized carbons (Fsp3) is 1.00. The zero-order valence-corrected chi connectivity index (χ0v) is 14.4. The third-order valence-electron chi connectivity index (χ3n) is 1.97. The normalized spacial score (nSPS) is 16.8. The molecule has 98 valence electrons. The SMILES string of the molecule is C[C@H](CC[C@H](C)OS(=O)(=O)[O-])P[Si](C)(C)C.[Li+]. The molecule has 0 spiro atoms. The average molecular weight is 292 g/mol. The third kappa shape index (κ3) is 15.1. The van der Waals surface area contributed by atoms with Crippen molar-refractivity contribution in [2.24, 2.45) is 0 Å². The second kappa shape index (κ2) is 8.32. The van der Waals surface area contributed by atoms with Crippen LogP contribution in [-0.4, -0.2) is 32.5 Å². The second-order valence-electron chi connectivity index (χ2n) is 5.19. The molecule has 0 aliphatic carbocycles. The number of hydrogen-bond donors (Lipinski definition) is 0. The Hall–Kier alpha value is 1.11. The van der Waals surface area contributed by atoms with Gasteiger partial charge in [0.1, 0.15) is 0 Å². The number of hydrogen-bond acceptors (Lipinski definition) is 4. The van der Waals surface area contributed by atoms with Gasteiger partial charge in [-0.3, -0.25) is 4.18 Å². The molecule has 0 aromatic rings. The van der Waals surface area contributed by atoms with Gasteiger partial charge < -0.3 is 4.55 Å². The van der Waals surface area contributed by atoms with E-state index in [1.54, 1.807) is 6.92 Å². The summed E-state index contributed by atoms with van der Waals surface area (Å²) in [6, 6.07) is 0. The van der Waals surface area contributed by atoms with Gasteiger partial charge in [-0.05, 0) is 25.4 Å². The summed E-state index contributed by atoms with van der Waals surface area (Å²) in [4.78, 5) is 0. The molecule has 0 aromatic carbocycles. The van der Waals surface area contributed by atoms with Crippen molar-refractivity contribution in [3.63, 3.8) is 0 Å². The Morgan fingerprint density at radius 1 is 1.24 bits per heavy atom. The smallest absolute Gasteiger partial charge is 0.726 e. The predicted molar refractivity (Wildman–Crippen MR) is 70.6 cm³/mol. The monoisotopic (exact) mass is 292 g/mol. The van der Waals surface area contributed by atoms with Gasteiger partial charge in [-0.15, -0.1) is 8.13 Å². The second-order valence-corrected chi connectivity index (χ2v) is 17.3. The van der Waals surface area contributed by atoms with Crippen LogP contribution in [0.3, 0.4) is 0 Å². The molecule has 0 saturated heterocycles. The van der Waals surface area contributed by atoms with E-state index in [0.717, 1.165) is 14.5 Å². The maximum absolute atomic E-state index is 10.3. The molecule has 1 unspecified atom stereocenters. The summed E-state index contributed by atoms with van der Waals surface area (Å²) in [6.07, 6.45) is 1.04. The summed E-state index contributed by atoms with van der Waals surface area (Å²) in [6.45, 7) is 10.8. The van der Waals surface area contributed by atoms with Crippen molar-refractivity contribution in [2.45, 2.75) is 58.1 Å². The average Bonchev–Trinajstić information content (AvgIpc) is 1.94. The Balaban J connectivity index is 0. The van der Waals surface area contributed by atoms with Crippen molar-refractivity contribution in [1.82, 2.24) is 0 Å². The van der Waals surface area contributed by atoms with E-state index in [-0.39, 0.29) is 18.9 Å². The van der Waals surface area contributed by atoms with E-state index in [2.05, 4.69) is 30.7 Å². The summed E-state index contributed by atoms with van der Waals surface area (Å²) < 4.78 is 35.4. The van der Waals surface area contributed by atoms with Gasteiger partial charge in [0.2, 0.25) is 10.4 Å². The fourth-order valence-corrected chi connectivity index (χ4v) is 8.70. The number of rotatable bonds is 7. The molecular weight excluding hydrogens is 270 g/mol. The molecule has 0 saturated carbocycles. The Morgan fingerprint density at radius 3 is 2.06 bits per heavy atom. The van der Waals surface area contributed by atoms with Crippen LogP contribution in [0.15, 0.2) is 0 Å². The van der Waals surface area contributed by atoms with Gasteiger partial charge in [-0.1, -0.05) is 26.6 Å². The van der Waals surface area contributed by atoms with Crippen LogP contribution in [0.4, 0.5) is 0 Å². The van der Waals surface area contributed by atoms with Gasteiger partial charge in [0.25, 0.3) is 0 Å². The quantitative estimate of drug-likeness (QED) is 0.276. The zero-order chi connectivity index (χ0) is 13.0. The van der Waals surface area contributed by atoms with Crippen LogP contribution in [0.2, 0.25) is 19.6 Å². The van der Waals surface area contributed by atoms with Crippen LogP contribution in [-0.2, 0) is 14.6 Å². The molecule has 4 nitrogen and oxygen atoms in total. The maximum atomic E-state index is 10.3. The molecule has 8 heteroatoms. The van der Waals surface area contributed by atoms with Gasteiger partial charge in [-0.2, -0.15) is 0 Å². The molecule has 0 fully saturated rings. The van der Waals surface area contributed by atoms with Gasteiger partial charge in [-0.25, -0.2) is 8.42 Å². The van der Waals surface area contributed by atoms with Crippen molar-refractivity contribution in [1.29, 1.82) is 0 Å². The van der Waals surface area contributed by atoms with Crippen LogP contribution in [0.5, 0.6) is 0 Å². The standard InChI is InChI=1S/C9H23O4PSSi.Li/c1-8(13-15(10,11)12)6-7-9(2)14-16(3,4)5;/h8-9,14H,6-7H2,1-5H3,(H,10,11,12);/q;+1/p-1/t8-,9+;/m0./s1. The van der Waals surface area contributed by atoms with Gasteiger partial charge in [0, 0.05) is 0 Å². The van der Waals surface area contributed by atoms with Crippen molar-refractivity contribution in [2.75, 3.05) is 0 Å². The molecule has 0 radical (unpaired) electrons. The molecule has 0 N–H and O–H groups in total. The zero-order valence-electron chi connectivity index (χ0n) is 11.6. The third-order valence-corrected chi connectivity index (χ3v) is 8.26. The van der Waals surface area contributed by atoms with E-state index < -0.39 is 24.2 Å². The van der Waals surface area contributed by atoms with Gasteiger partial charge >= 0.3 is 18.9 Å². The molecule has 0 aliphatic heterocycles. The first-order chi connectivity index (χ1) is 6.99. The molecule has 0 bridgehead atoms. The summed E-state index contributed by atoms with van der Waals surface area (Å²) in [7, 11) is -4.62. The molecule has 0 heterocycles. The van der Waals surface area contributed by atoms with Gasteiger partial charge in [0.15, 0.2) is 0 Å². The Labute approximate surface area is 120 Å². The summed E-state index contributed by atoms with van der Waals surface area (Å²) >= 11 is 0. The van der Waals surface area contributed by atoms with E-state index >= 15 is 0 Å². The van der Waals surface area contributed by atoms with E-state index in [9.17, 15) is 13.0 Å². The van der Waals surface area contributed by atoms with Crippen molar-refractivity contribution < 1.29 is 36.0 Å². The Morgan fingerprint density at radius 2 is 1.71 bits per heavy atom. The van der Waals surface area contributed by atoms with Crippen LogP contribution < -0.4 is 18.9 Å². The van der Waals surface area contributed by atoms with E-state index in [4.69, 9.17) is 0 Å². The van der Waals surface area contributed by atoms with E-state index in [1.807, 2.05) is 0 Å². The Bertz CT molecular complexity index is 305. The largest absolute Gasteiger partial charge is 1.00 e. The van der Waals surface area contributed by atoms with Crippen LogP contribution in [0.1, 0.15) is 26.7 Å². The Kier molecular flexibility index (Phi) is 10.00. The summed E-state index contributed by atoms with van der Waals surface area (Å²) in [5, 5.41) is 0. The molecule has 0 amide bonds. The molecule has 0 aliphatic rings. The minimum atomic E-state index is -4.55. The predicted octanol–water partition coefficient (Wildman–Crippen LogP) is -0.462. The maximum Gasteiger partial charge on any atom is 1.00 e. The first-order valence-corrected chi connectivity index (χ1v) is 12.3. The molecule has 0 aromatic heterocycles. The summed E-state index contributed by atoms with van der Waals surface area (Å²) in [5.41, 5.74) is 0.590. The fourth-order valence-electron chi connectivity index (χ4n) is 1.55. The minimum absolute atomic E-state index is 0. The first-order valence-electron chi connectivity index (χ1n) is 5.41. The molecule has 3 atom stereocenters. The van der Waals surface area contributed by atoms with Gasteiger partial charge in [0.05, 0.1) is 13.8 Å². The minimum Gasteiger partial charge on any atom is -0.726 e. The van der Waals surface area contributed by atoms with E-state index in [0.29, 0.717) is 12.1 Å². The van der Waals surface area contributed by atoms with Crippen LogP contribution >= 0.6 is 8.13 Å². The topological polar surface area (TPSA) is 66.4 Å². The van der Waals surface area contributed by atoms with Crippen molar-refractivity contribution in [3.05, 3.63) is 0 Å². The van der Waals surface area contributed by atoms with Crippen LogP contribution in [0.25, 0.3) is 0 Å². The molecular formula is C9H22LiO4PSSi. The summed E-state index contributed by atoms with van der Waals surface area (Å²) in [5.74, 6) is 0. The van der Waals surface area contributed by atoms with Crippen LogP contribution in [0, 0.1) is 0 Å². The van der Waals surface area contributed by atoms with Crippen molar-refractivity contribution >= 4 is 26.3 Å².